The Labute approximate surface area is 127 Å². The molecule has 0 aromatic carbocycles. The van der Waals surface area contributed by atoms with Crippen molar-refractivity contribution in [2.24, 2.45) is 7.05 Å². The highest BCUT2D eigenvalue weighted by atomic mass is 16.5. The molecule has 0 saturated carbocycles. The van der Waals surface area contributed by atoms with E-state index in [0.717, 1.165) is 38.1 Å². The number of nitrogens with zero attached hydrogens (tertiary/aromatic N) is 3. The van der Waals surface area contributed by atoms with Crippen LogP contribution in [0.3, 0.4) is 0 Å². The Kier molecular flexibility index (Phi) is 5.39. The smallest absolute Gasteiger partial charge is 0.271 e. The van der Waals surface area contributed by atoms with Crippen molar-refractivity contribution in [3.63, 3.8) is 0 Å². The van der Waals surface area contributed by atoms with E-state index in [4.69, 9.17) is 4.74 Å². The first-order chi connectivity index (χ1) is 9.99. The molecule has 2 rings (SSSR count). The quantitative estimate of drug-likeness (QED) is 0.838. The van der Waals surface area contributed by atoms with Crippen LogP contribution in [0.25, 0.3) is 0 Å². The van der Waals surface area contributed by atoms with Crippen LogP contribution in [0.2, 0.25) is 0 Å². The molecule has 21 heavy (non-hydrogen) atoms. The lowest BCUT2D eigenvalue weighted by molar-refractivity contribution is 0.00703. The molecular formula is C16H27N3O2. The summed E-state index contributed by atoms with van der Waals surface area (Å²) < 4.78 is 7.40. The minimum atomic E-state index is 0.0349. The molecule has 0 aliphatic carbocycles. The first kappa shape index (κ1) is 16.0. The molecule has 0 bridgehead atoms. The fraction of sp³-hybridized carbons (Fsp3) is 0.750. The van der Waals surface area contributed by atoms with Crippen molar-refractivity contribution in [1.29, 1.82) is 0 Å². The Balaban J connectivity index is 1.92. The van der Waals surface area contributed by atoms with Gasteiger partial charge in [-0.05, 0) is 37.7 Å². The highest BCUT2D eigenvalue weighted by Crippen LogP contribution is 2.17. The van der Waals surface area contributed by atoms with Crippen LogP contribution in [0.4, 0.5) is 0 Å². The lowest BCUT2D eigenvalue weighted by atomic mass is 10.1. The number of carbonyl (C=O) groups excluding carboxylic acids is 1. The van der Waals surface area contributed by atoms with Crippen LogP contribution in [0.5, 0.6) is 0 Å². The molecule has 5 heteroatoms. The molecule has 1 amide bonds. The lowest BCUT2D eigenvalue weighted by Crippen LogP contribution is -2.32. The van der Waals surface area contributed by atoms with Crippen LogP contribution >= 0.6 is 0 Å². The van der Waals surface area contributed by atoms with Crippen LogP contribution in [0, 0.1) is 0 Å². The van der Waals surface area contributed by atoms with E-state index in [1.807, 2.05) is 20.2 Å². The van der Waals surface area contributed by atoms with E-state index in [9.17, 15) is 4.79 Å². The van der Waals surface area contributed by atoms with Crippen LogP contribution in [-0.4, -0.2) is 46.9 Å². The highest BCUT2D eigenvalue weighted by molar-refractivity contribution is 5.92. The van der Waals surface area contributed by atoms with E-state index in [1.54, 1.807) is 9.58 Å². The summed E-state index contributed by atoms with van der Waals surface area (Å²) in [5.41, 5.74) is 1.62. The summed E-state index contributed by atoms with van der Waals surface area (Å²) in [6.07, 6.45) is 4.74. The van der Waals surface area contributed by atoms with Crippen molar-refractivity contribution in [2.75, 3.05) is 20.2 Å². The molecule has 1 fully saturated rings. The van der Waals surface area contributed by atoms with Crippen molar-refractivity contribution < 1.29 is 9.53 Å². The zero-order chi connectivity index (χ0) is 15.4. The lowest BCUT2D eigenvalue weighted by Gasteiger charge is -2.25. The highest BCUT2D eigenvalue weighted by Gasteiger charge is 2.20. The molecule has 1 aromatic heterocycles. The van der Waals surface area contributed by atoms with Crippen LogP contribution < -0.4 is 0 Å². The number of ether oxygens (including phenoxy) is 1. The minimum Gasteiger partial charge on any atom is -0.378 e. The molecule has 0 radical (unpaired) electrons. The van der Waals surface area contributed by atoms with Crippen LogP contribution in [0.1, 0.15) is 61.6 Å². The van der Waals surface area contributed by atoms with Gasteiger partial charge in [0.1, 0.15) is 5.69 Å². The van der Waals surface area contributed by atoms with Crippen molar-refractivity contribution in [1.82, 2.24) is 14.7 Å². The third kappa shape index (κ3) is 4.06. The average Bonchev–Trinajstić information content (AvgIpc) is 2.87. The summed E-state index contributed by atoms with van der Waals surface area (Å²) in [7, 11) is 3.68. The van der Waals surface area contributed by atoms with Crippen molar-refractivity contribution >= 4 is 5.91 Å². The monoisotopic (exact) mass is 293 g/mol. The van der Waals surface area contributed by atoms with Crippen molar-refractivity contribution in [3.05, 3.63) is 17.5 Å². The van der Waals surface area contributed by atoms with E-state index >= 15 is 0 Å². The predicted molar refractivity (Wildman–Crippen MR) is 82.5 cm³/mol. The van der Waals surface area contributed by atoms with Gasteiger partial charge in [-0.2, -0.15) is 5.10 Å². The second-order valence-electron chi connectivity index (χ2n) is 6.24. The fourth-order valence-electron chi connectivity index (χ4n) is 2.64. The normalized spacial score (nSPS) is 19.0. The third-order valence-corrected chi connectivity index (χ3v) is 4.12. The van der Waals surface area contributed by atoms with Crippen LogP contribution in [0.15, 0.2) is 6.07 Å². The molecule has 1 aromatic rings. The molecule has 5 nitrogen and oxygen atoms in total. The van der Waals surface area contributed by atoms with Gasteiger partial charge < -0.3 is 9.64 Å². The van der Waals surface area contributed by atoms with Gasteiger partial charge in [0.05, 0.1) is 11.8 Å². The Bertz CT molecular complexity index is 476. The molecular weight excluding hydrogens is 266 g/mol. The van der Waals surface area contributed by atoms with Gasteiger partial charge in [-0.25, -0.2) is 0 Å². The second kappa shape index (κ2) is 7.07. The van der Waals surface area contributed by atoms with Crippen LogP contribution in [-0.2, 0) is 11.8 Å². The van der Waals surface area contributed by atoms with Gasteiger partial charge >= 0.3 is 0 Å². The first-order valence-electron chi connectivity index (χ1n) is 7.90. The molecule has 2 heterocycles. The summed E-state index contributed by atoms with van der Waals surface area (Å²) in [4.78, 5) is 14.3. The van der Waals surface area contributed by atoms with Crippen molar-refractivity contribution in [3.8, 4) is 0 Å². The number of carbonyl (C=O) groups is 1. The third-order valence-electron chi connectivity index (χ3n) is 4.12. The van der Waals surface area contributed by atoms with E-state index < -0.39 is 0 Å². The SMILES string of the molecule is CC(C)c1cc(C(=O)N(C)CC[C@@H]2CCCCO2)n(C)n1. The molecule has 1 saturated heterocycles. The number of hydrogen-bond acceptors (Lipinski definition) is 3. The van der Waals surface area contributed by atoms with Gasteiger partial charge in [-0.3, -0.25) is 9.48 Å². The number of rotatable bonds is 5. The maximum atomic E-state index is 12.5. The zero-order valence-corrected chi connectivity index (χ0v) is 13.6. The molecule has 1 atom stereocenters. The van der Waals surface area contributed by atoms with Gasteiger partial charge in [0.15, 0.2) is 0 Å². The standard InChI is InChI=1S/C16H27N3O2/c1-12(2)14-11-15(19(4)17-14)16(20)18(3)9-8-13-7-5-6-10-21-13/h11-13H,5-10H2,1-4H3/t13-/m0/s1. The molecule has 0 spiro atoms. The van der Waals surface area contributed by atoms with Gasteiger partial charge in [-0.15, -0.1) is 0 Å². The molecule has 0 N–H and O–H groups in total. The Morgan fingerprint density at radius 1 is 1.52 bits per heavy atom. The summed E-state index contributed by atoms with van der Waals surface area (Å²) in [6.45, 7) is 5.76. The number of hydrogen-bond donors (Lipinski definition) is 0. The minimum absolute atomic E-state index is 0.0349. The Morgan fingerprint density at radius 3 is 2.86 bits per heavy atom. The topological polar surface area (TPSA) is 47.4 Å². The summed E-state index contributed by atoms with van der Waals surface area (Å²) in [6, 6.07) is 1.90. The largest absolute Gasteiger partial charge is 0.378 e. The van der Waals surface area contributed by atoms with E-state index in [-0.39, 0.29) is 5.91 Å². The predicted octanol–water partition coefficient (Wildman–Crippen LogP) is 2.57. The van der Waals surface area contributed by atoms with E-state index in [1.165, 1.54) is 6.42 Å². The summed E-state index contributed by atoms with van der Waals surface area (Å²) in [5.74, 6) is 0.367. The number of aromatic nitrogens is 2. The van der Waals surface area contributed by atoms with Gasteiger partial charge in [0, 0.05) is 27.2 Å². The van der Waals surface area contributed by atoms with Crippen molar-refractivity contribution in [2.45, 2.75) is 51.6 Å². The Hall–Kier alpha value is -1.36. The van der Waals surface area contributed by atoms with E-state index in [0.29, 0.717) is 17.7 Å². The first-order valence-corrected chi connectivity index (χ1v) is 7.90. The fourth-order valence-corrected chi connectivity index (χ4v) is 2.64. The number of amides is 1. The molecule has 1 aliphatic heterocycles. The Morgan fingerprint density at radius 2 is 2.29 bits per heavy atom. The van der Waals surface area contributed by atoms with E-state index in [2.05, 4.69) is 18.9 Å². The summed E-state index contributed by atoms with van der Waals surface area (Å²) >= 11 is 0. The number of aryl methyl sites for hydroxylation is 1. The zero-order valence-electron chi connectivity index (χ0n) is 13.6. The maximum Gasteiger partial charge on any atom is 0.271 e. The average molecular weight is 293 g/mol. The molecule has 0 unspecified atom stereocenters. The second-order valence-corrected chi connectivity index (χ2v) is 6.24. The van der Waals surface area contributed by atoms with Gasteiger partial charge in [-0.1, -0.05) is 13.8 Å². The molecule has 1 aliphatic rings. The maximum absolute atomic E-state index is 12.5. The summed E-state index contributed by atoms with van der Waals surface area (Å²) in [5, 5.41) is 4.41. The van der Waals surface area contributed by atoms with Gasteiger partial charge in [0.25, 0.3) is 5.91 Å². The molecule has 118 valence electrons. The van der Waals surface area contributed by atoms with Gasteiger partial charge in [0.2, 0.25) is 0 Å².